The van der Waals surface area contributed by atoms with Gasteiger partial charge in [-0.1, -0.05) is 11.6 Å². The van der Waals surface area contributed by atoms with Gasteiger partial charge in [-0.15, -0.1) is 0 Å². The highest BCUT2D eigenvalue weighted by Crippen LogP contribution is 2.24. The van der Waals surface area contributed by atoms with Crippen LogP contribution in [0.25, 0.3) is 5.83 Å². The summed E-state index contributed by atoms with van der Waals surface area (Å²) in [6.07, 6.45) is 1.18. The van der Waals surface area contributed by atoms with Crippen LogP contribution in [0.4, 0.5) is 4.39 Å². The zero-order valence-corrected chi connectivity index (χ0v) is 9.71. The zero-order chi connectivity index (χ0) is 10.7. The Kier molecular flexibility index (Phi) is 3.82. The maximum Gasteiger partial charge on any atom is 0.250 e. The van der Waals surface area contributed by atoms with Crippen LogP contribution in [0.5, 0.6) is 0 Å². The van der Waals surface area contributed by atoms with E-state index in [9.17, 15) is 9.18 Å². The minimum Gasteiger partial charge on any atom is -0.366 e. The van der Waals surface area contributed by atoms with Crippen molar-refractivity contribution >= 4 is 45.9 Å². The van der Waals surface area contributed by atoms with Crippen molar-refractivity contribution in [3.8, 4) is 0 Å². The second kappa shape index (κ2) is 4.70. The molecule has 0 spiro atoms. The molecule has 0 unspecified atom stereocenters. The molecular formula is C8H5ClFIN2O. The van der Waals surface area contributed by atoms with Gasteiger partial charge in [0.15, 0.2) is 5.83 Å². The summed E-state index contributed by atoms with van der Waals surface area (Å²) in [5.41, 5.74) is 5.15. The normalized spacial score (nSPS) is 11.5. The van der Waals surface area contributed by atoms with Crippen LogP contribution in [0.2, 0.25) is 5.02 Å². The van der Waals surface area contributed by atoms with E-state index in [0.717, 1.165) is 0 Å². The number of aromatic nitrogens is 1. The predicted octanol–water partition coefficient (Wildman–Crippen LogP) is 2.54. The summed E-state index contributed by atoms with van der Waals surface area (Å²) in [7, 11) is 0. The van der Waals surface area contributed by atoms with Crippen LogP contribution in [-0.2, 0) is 0 Å². The van der Waals surface area contributed by atoms with E-state index < -0.39 is 11.7 Å². The molecule has 3 nitrogen and oxygen atoms in total. The third kappa shape index (κ3) is 2.42. The molecule has 6 heteroatoms. The summed E-state index contributed by atoms with van der Waals surface area (Å²) >= 11 is 7.42. The van der Waals surface area contributed by atoms with E-state index in [0.29, 0.717) is 0 Å². The van der Waals surface area contributed by atoms with Gasteiger partial charge in [-0.2, -0.15) is 0 Å². The van der Waals surface area contributed by atoms with Gasteiger partial charge in [0.2, 0.25) is 5.91 Å². The Hall–Kier alpha value is -0.690. The van der Waals surface area contributed by atoms with Gasteiger partial charge in [0.25, 0.3) is 0 Å². The molecule has 0 aliphatic carbocycles. The molecule has 74 valence electrons. The number of carbonyl (C=O) groups is 1. The molecule has 0 aliphatic rings. The minimum atomic E-state index is -0.648. The average Bonchev–Trinajstić information content (AvgIpc) is 2.16. The SMILES string of the molecule is NC(=O)c1cnc(/C(F)=C/I)c(Cl)c1. The number of pyridine rings is 1. The highest BCUT2D eigenvalue weighted by atomic mass is 127. The highest BCUT2D eigenvalue weighted by molar-refractivity contribution is 14.1. The summed E-state index contributed by atoms with van der Waals surface area (Å²) in [5.74, 6) is -1.20. The third-order valence-electron chi connectivity index (χ3n) is 1.45. The lowest BCUT2D eigenvalue weighted by molar-refractivity contribution is 0.1000. The molecule has 1 aromatic heterocycles. The summed E-state index contributed by atoms with van der Waals surface area (Å²) < 4.78 is 14.3. The number of hydrogen-bond donors (Lipinski definition) is 1. The number of nitrogens with two attached hydrogens (primary N) is 1. The van der Waals surface area contributed by atoms with E-state index in [1.807, 2.05) is 0 Å². The van der Waals surface area contributed by atoms with Gasteiger partial charge in [0.05, 0.1) is 10.6 Å². The standard InChI is InChI=1S/C8H5ClFIN2O/c9-5-1-4(8(12)14)3-13-7(5)6(10)2-11/h1-3H,(H2,12,14)/b6-2-. The molecule has 2 N–H and O–H groups in total. The number of primary amides is 1. The first-order valence-electron chi connectivity index (χ1n) is 3.48. The van der Waals surface area contributed by atoms with E-state index in [4.69, 9.17) is 17.3 Å². The van der Waals surface area contributed by atoms with E-state index >= 15 is 0 Å². The van der Waals surface area contributed by atoms with Crippen molar-refractivity contribution in [1.82, 2.24) is 4.98 Å². The van der Waals surface area contributed by atoms with Crippen molar-refractivity contribution in [2.24, 2.45) is 5.73 Å². The lowest BCUT2D eigenvalue weighted by Crippen LogP contribution is -2.11. The van der Waals surface area contributed by atoms with Crippen LogP contribution in [0.15, 0.2) is 16.3 Å². The van der Waals surface area contributed by atoms with Crippen LogP contribution in [0.3, 0.4) is 0 Å². The van der Waals surface area contributed by atoms with Gasteiger partial charge < -0.3 is 5.73 Å². The van der Waals surface area contributed by atoms with Gasteiger partial charge in [-0.25, -0.2) is 4.39 Å². The predicted molar refractivity (Wildman–Crippen MR) is 60.9 cm³/mol. The molecule has 1 amide bonds. The van der Waals surface area contributed by atoms with Crippen molar-refractivity contribution in [2.45, 2.75) is 0 Å². The first-order valence-corrected chi connectivity index (χ1v) is 5.10. The Balaban J connectivity index is 3.20. The molecule has 0 aromatic carbocycles. The monoisotopic (exact) mass is 326 g/mol. The fourth-order valence-corrected chi connectivity index (χ4v) is 1.35. The summed E-state index contributed by atoms with van der Waals surface area (Å²) in [5, 5.41) is 0.0618. The average molecular weight is 326 g/mol. The molecule has 0 bridgehead atoms. The van der Waals surface area contributed by atoms with E-state index in [1.165, 1.54) is 16.3 Å². The molecule has 0 radical (unpaired) electrons. The molecular weight excluding hydrogens is 321 g/mol. The maximum atomic E-state index is 13.0. The second-order valence-electron chi connectivity index (χ2n) is 2.38. The summed E-state index contributed by atoms with van der Waals surface area (Å²) in [6, 6.07) is 1.28. The smallest absolute Gasteiger partial charge is 0.250 e. The summed E-state index contributed by atoms with van der Waals surface area (Å²) in [6.45, 7) is 0. The molecule has 14 heavy (non-hydrogen) atoms. The lowest BCUT2D eigenvalue weighted by Gasteiger charge is -2.01. The zero-order valence-electron chi connectivity index (χ0n) is 6.80. The van der Waals surface area contributed by atoms with Crippen molar-refractivity contribution < 1.29 is 9.18 Å². The fraction of sp³-hybridized carbons (Fsp3) is 0. The summed E-state index contributed by atoms with van der Waals surface area (Å²) in [4.78, 5) is 14.4. The molecule has 0 saturated heterocycles. The van der Waals surface area contributed by atoms with Crippen molar-refractivity contribution in [3.63, 3.8) is 0 Å². The van der Waals surface area contributed by atoms with E-state index in [2.05, 4.69) is 4.98 Å². The number of carbonyl (C=O) groups excluding carboxylic acids is 1. The Morgan fingerprint density at radius 3 is 2.79 bits per heavy atom. The van der Waals surface area contributed by atoms with Crippen molar-refractivity contribution in [3.05, 3.63) is 32.6 Å². The van der Waals surface area contributed by atoms with Gasteiger partial charge >= 0.3 is 0 Å². The van der Waals surface area contributed by atoms with Crippen LogP contribution >= 0.6 is 34.2 Å². The van der Waals surface area contributed by atoms with Gasteiger partial charge in [-0.3, -0.25) is 9.78 Å². The van der Waals surface area contributed by atoms with Crippen molar-refractivity contribution in [2.75, 3.05) is 0 Å². The van der Waals surface area contributed by atoms with E-state index in [-0.39, 0.29) is 16.3 Å². The molecule has 0 saturated carbocycles. The minimum absolute atomic E-state index is 0.00562. The Morgan fingerprint density at radius 1 is 1.71 bits per heavy atom. The molecule has 1 aromatic rings. The molecule has 1 heterocycles. The van der Waals surface area contributed by atoms with Crippen LogP contribution in [0.1, 0.15) is 16.1 Å². The van der Waals surface area contributed by atoms with Crippen molar-refractivity contribution in [1.29, 1.82) is 0 Å². The molecule has 0 atom stereocenters. The highest BCUT2D eigenvalue weighted by Gasteiger charge is 2.10. The Labute approximate surface area is 98.3 Å². The molecule has 0 fully saturated rings. The fourth-order valence-electron chi connectivity index (χ4n) is 0.800. The molecule has 1 rings (SSSR count). The molecule has 0 aliphatic heterocycles. The van der Waals surface area contributed by atoms with Gasteiger partial charge in [0.1, 0.15) is 5.69 Å². The number of amides is 1. The maximum absolute atomic E-state index is 13.0. The van der Waals surface area contributed by atoms with Gasteiger partial charge in [-0.05, 0) is 28.7 Å². The number of rotatable bonds is 2. The Morgan fingerprint density at radius 2 is 2.36 bits per heavy atom. The van der Waals surface area contributed by atoms with E-state index in [1.54, 1.807) is 22.6 Å². The largest absolute Gasteiger partial charge is 0.366 e. The van der Waals surface area contributed by atoms with Gasteiger partial charge in [0, 0.05) is 10.3 Å². The van der Waals surface area contributed by atoms with Crippen LogP contribution in [0, 0.1) is 0 Å². The van der Waals surface area contributed by atoms with Crippen LogP contribution in [-0.4, -0.2) is 10.9 Å². The third-order valence-corrected chi connectivity index (χ3v) is 2.28. The van der Waals surface area contributed by atoms with Crippen LogP contribution < -0.4 is 5.73 Å². The first-order chi connectivity index (χ1) is 6.56. The number of nitrogens with zero attached hydrogens (tertiary/aromatic N) is 1. The lowest BCUT2D eigenvalue weighted by atomic mass is 10.2. The topological polar surface area (TPSA) is 56.0 Å². The quantitative estimate of drug-likeness (QED) is 0.849. The number of halogens is 3. The first kappa shape index (κ1) is 11.4. The Bertz CT molecular complexity index is 408. The second-order valence-corrected chi connectivity index (χ2v) is 3.41. The number of hydrogen-bond acceptors (Lipinski definition) is 2.